The highest BCUT2D eigenvalue weighted by atomic mass is 35.5. The van der Waals surface area contributed by atoms with E-state index < -0.39 is 0 Å². The first-order valence-corrected chi connectivity index (χ1v) is 5.03. The number of nitrogens with one attached hydrogen (secondary N) is 1. The third-order valence-electron chi connectivity index (χ3n) is 1.45. The lowest BCUT2D eigenvalue weighted by molar-refractivity contribution is 0.0809. The van der Waals surface area contributed by atoms with Crippen molar-refractivity contribution in [2.24, 2.45) is 0 Å². The van der Waals surface area contributed by atoms with Crippen LogP contribution >= 0.6 is 11.6 Å². The van der Waals surface area contributed by atoms with Gasteiger partial charge in [-0.1, -0.05) is 0 Å². The minimum absolute atomic E-state index is 0.267. The Morgan fingerprint density at radius 3 is 2.42 bits per heavy atom. The van der Waals surface area contributed by atoms with Crippen molar-refractivity contribution in [3.63, 3.8) is 0 Å². The minimum Gasteiger partial charge on any atom is -0.377 e. The predicted molar refractivity (Wildman–Crippen MR) is 53.9 cm³/mol. The molecule has 1 unspecified atom stereocenters. The van der Waals surface area contributed by atoms with E-state index >= 15 is 0 Å². The molecule has 1 N–H and O–H groups in total. The molecule has 0 amide bonds. The van der Waals surface area contributed by atoms with Crippen LogP contribution in [-0.4, -0.2) is 31.2 Å². The lowest BCUT2D eigenvalue weighted by Crippen LogP contribution is -2.23. The van der Waals surface area contributed by atoms with Gasteiger partial charge in [-0.3, -0.25) is 0 Å². The largest absolute Gasteiger partial charge is 0.377 e. The molecule has 0 bridgehead atoms. The molecule has 0 aliphatic heterocycles. The molecule has 3 heteroatoms. The van der Waals surface area contributed by atoms with E-state index in [9.17, 15) is 0 Å². The van der Waals surface area contributed by atoms with Crippen molar-refractivity contribution in [3.05, 3.63) is 0 Å². The molecule has 0 saturated heterocycles. The average Bonchev–Trinajstić information content (AvgIpc) is 1.95. The fourth-order valence-corrected chi connectivity index (χ4v) is 0.902. The van der Waals surface area contributed by atoms with E-state index in [0.717, 1.165) is 26.1 Å². The van der Waals surface area contributed by atoms with E-state index in [4.69, 9.17) is 16.3 Å². The molecule has 12 heavy (non-hydrogen) atoms. The van der Waals surface area contributed by atoms with Gasteiger partial charge in [-0.15, -0.1) is 11.6 Å². The highest BCUT2D eigenvalue weighted by Gasteiger charge is 1.95. The van der Waals surface area contributed by atoms with Gasteiger partial charge in [0.2, 0.25) is 0 Å². The highest BCUT2D eigenvalue weighted by Crippen LogP contribution is 1.96. The first-order chi connectivity index (χ1) is 5.63. The Kier molecular flexibility index (Phi) is 7.98. The van der Waals surface area contributed by atoms with Crippen LogP contribution in [0.3, 0.4) is 0 Å². The van der Waals surface area contributed by atoms with E-state index in [1.165, 1.54) is 0 Å². The second-order valence-electron chi connectivity index (χ2n) is 3.24. The highest BCUT2D eigenvalue weighted by molar-refractivity contribution is 6.20. The second kappa shape index (κ2) is 7.84. The normalized spacial score (nSPS) is 13.8. The van der Waals surface area contributed by atoms with Crippen LogP contribution in [0.5, 0.6) is 0 Å². The summed E-state index contributed by atoms with van der Waals surface area (Å²) >= 11 is 5.77. The van der Waals surface area contributed by atoms with E-state index in [0.29, 0.717) is 6.10 Å². The molecule has 1 atom stereocenters. The second-order valence-corrected chi connectivity index (χ2v) is 3.98. The maximum absolute atomic E-state index is 5.77. The number of alkyl halides is 1. The first kappa shape index (κ1) is 12.2. The van der Waals surface area contributed by atoms with Crippen LogP contribution in [0.2, 0.25) is 0 Å². The number of halogens is 1. The van der Waals surface area contributed by atoms with Crippen LogP contribution in [0.25, 0.3) is 0 Å². The zero-order chi connectivity index (χ0) is 9.40. The zero-order valence-electron chi connectivity index (χ0n) is 8.27. The summed E-state index contributed by atoms with van der Waals surface area (Å²) in [6.45, 7) is 8.78. The summed E-state index contributed by atoms with van der Waals surface area (Å²) in [4.78, 5) is 0. The van der Waals surface area contributed by atoms with Gasteiger partial charge in [-0.25, -0.2) is 0 Å². The Labute approximate surface area is 80.6 Å². The molecule has 0 aliphatic carbocycles. The van der Waals surface area contributed by atoms with Crippen LogP contribution in [0.15, 0.2) is 0 Å². The van der Waals surface area contributed by atoms with Crippen molar-refractivity contribution < 1.29 is 4.74 Å². The summed E-state index contributed by atoms with van der Waals surface area (Å²) in [7, 11) is 0. The van der Waals surface area contributed by atoms with Gasteiger partial charge < -0.3 is 10.1 Å². The fourth-order valence-electron chi connectivity index (χ4n) is 0.793. The molecule has 0 rings (SSSR count). The van der Waals surface area contributed by atoms with Gasteiger partial charge in [-0.05, 0) is 33.7 Å². The summed E-state index contributed by atoms with van der Waals surface area (Å²) in [5.74, 6) is 0. The molecule has 0 aliphatic rings. The lowest BCUT2D eigenvalue weighted by Gasteiger charge is -2.08. The summed E-state index contributed by atoms with van der Waals surface area (Å²) in [6.07, 6.45) is 1.35. The summed E-state index contributed by atoms with van der Waals surface area (Å²) < 4.78 is 5.35. The van der Waals surface area contributed by atoms with Gasteiger partial charge in [0, 0.05) is 11.9 Å². The van der Waals surface area contributed by atoms with Crippen LogP contribution in [0.4, 0.5) is 0 Å². The van der Waals surface area contributed by atoms with Gasteiger partial charge in [-0.2, -0.15) is 0 Å². The third kappa shape index (κ3) is 10.2. The Morgan fingerprint density at radius 1 is 1.25 bits per heavy atom. The quantitative estimate of drug-likeness (QED) is 0.494. The molecular weight excluding hydrogens is 174 g/mol. The van der Waals surface area contributed by atoms with Crippen molar-refractivity contribution in [2.45, 2.75) is 38.7 Å². The van der Waals surface area contributed by atoms with Gasteiger partial charge in [0.25, 0.3) is 0 Å². The van der Waals surface area contributed by atoms with Crippen molar-refractivity contribution in [3.8, 4) is 0 Å². The van der Waals surface area contributed by atoms with E-state index in [-0.39, 0.29) is 5.38 Å². The number of ether oxygens (including phenoxy) is 1. The number of hydrogen-bond acceptors (Lipinski definition) is 2. The smallest absolute Gasteiger partial charge is 0.0594 e. The Balaban J connectivity index is 2.91. The molecule has 0 radical (unpaired) electrons. The zero-order valence-corrected chi connectivity index (χ0v) is 9.03. The number of rotatable bonds is 7. The molecular formula is C9H20ClNO. The van der Waals surface area contributed by atoms with Gasteiger partial charge in [0.05, 0.1) is 12.7 Å². The Morgan fingerprint density at radius 2 is 1.92 bits per heavy atom. The molecule has 0 spiro atoms. The summed E-state index contributed by atoms with van der Waals surface area (Å²) in [6, 6.07) is 0. The van der Waals surface area contributed by atoms with Crippen molar-refractivity contribution in [1.29, 1.82) is 0 Å². The standard InChI is InChI=1S/C9H20ClNO/c1-8(2)12-7-6-11-5-4-9(3)10/h8-9,11H,4-7H2,1-3H3. The molecule has 0 aromatic heterocycles. The lowest BCUT2D eigenvalue weighted by atomic mass is 10.3. The molecule has 0 aromatic rings. The van der Waals surface area contributed by atoms with Crippen LogP contribution < -0.4 is 5.32 Å². The van der Waals surface area contributed by atoms with Crippen molar-refractivity contribution in [2.75, 3.05) is 19.7 Å². The molecule has 0 fully saturated rings. The Hall–Kier alpha value is 0.210. The predicted octanol–water partition coefficient (Wildman–Crippen LogP) is 2.02. The summed E-state index contributed by atoms with van der Waals surface area (Å²) in [5.41, 5.74) is 0. The van der Waals surface area contributed by atoms with E-state index in [1.54, 1.807) is 0 Å². The van der Waals surface area contributed by atoms with Crippen molar-refractivity contribution >= 4 is 11.6 Å². The van der Waals surface area contributed by atoms with Crippen LogP contribution in [0.1, 0.15) is 27.2 Å². The van der Waals surface area contributed by atoms with Gasteiger partial charge in [0.1, 0.15) is 0 Å². The maximum Gasteiger partial charge on any atom is 0.0594 e. The molecule has 0 heterocycles. The van der Waals surface area contributed by atoms with Gasteiger partial charge >= 0.3 is 0 Å². The van der Waals surface area contributed by atoms with Crippen LogP contribution in [0, 0.1) is 0 Å². The minimum atomic E-state index is 0.267. The summed E-state index contributed by atoms with van der Waals surface area (Å²) in [5, 5.41) is 3.53. The topological polar surface area (TPSA) is 21.3 Å². The molecule has 74 valence electrons. The maximum atomic E-state index is 5.77. The fraction of sp³-hybridized carbons (Fsp3) is 1.00. The van der Waals surface area contributed by atoms with E-state index in [1.807, 2.05) is 20.8 Å². The van der Waals surface area contributed by atoms with Crippen molar-refractivity contribution in [1.82, 2.24) is 5.32 Å². The monoisotopic (exact) mass is 193 g/mol. The van der Waals surface area contributed by atoms with E-state index in [2.05, 4.69) is 5.32 Å². The SMILES string of the molecule is CC(Cl)CCNCCOC(C)C. The molecule has 0 aromatic carbocycles. The third-order valence-corrected chi connectivity index (χ3v) is 1.67. The van der Waals surface area contributed by atoms with Gasteiger partial charge in [0.15, 0.2) is 0 Å². The molecule has 2 nitrogen and oxygen atoms in total. The Bertz CT molecular complexity index is 84.5. The first-order valence-electron chi connectivity index (χ1n) is 4.59. The number of hydrogen-bond donors (Lipinski definition) is 1. The van der Waals surface area contributed by atoms with Crippen LogP contribution in [-0.2, 0) is 4.74 Å². The molecule has 0 saturated carbocycles. The average molecular weight is 194 g/mol.